The molecule has 0 fully saturated rings. The molecule has 1 amide bonds. The molecule has 0 aliphatic rings. The highest BCUT2D eigenvalue weighted by Crippen LogP contribution is 2.33. The minimum atomic E-state index is -0.759. The van der Waals surface area contributed by atoms with Gasteiger partial charge in [-0.05, 0) is 26.0 Å². The van der Waals surface area contributed by atoms with Gasteiger partial charge in [0.05, 0.1) is 27.7 Å². The van der Waals surface area contributed by atoms with Crippen molar-refractivity contribution in [2.75, 3.05) is 11.9 Å². The number of nitro benzene ring substituents is 2. The molecule has 3 aromatic rings. The molecule has 11 heteroatoms. The van der Waals surface area contributed by atoms with Crippen LogP contribution in [-0.4, -0.2) is 27.3 Å². The second-order valence-electron chi connectivity index (χ2n) is 6.07. The van der Waals surface area contributed by atoms with E-state index in [1.807, 2.05) is 25.1 Å². The van der Waals surface area contributed by atoms with Gasteiger partial charge in [-0.1, -0.05) is 12.1 Å². The van der Waals surface area contributed by atoms with Crippen molar-refractivity contribution < 1.29 is 19.4 Å². The highest BCUT2D eigenvalue weighted by molar-refractivity contribution is 7.14. The smallest absolute Gasteiger partial charge is 0.279 e. The average molecular weight is 428 g/mol. The summed E-state index contributed by atoms with van der Waals surface area (Å²) in [5, 5.41) is 26.9. The van der Waals surface area contributed by atoms with Crippen LogP contribution in [0.5, 0.6) is 5.75 Å². The normalized spacial score (nSPS) is 10.5. The fourth-order valence-corrected chi connectivity index (χ4v) is 3.48. The van der Waals surface area contributed by atoms with Crippen molar-refractivity contribution in [1.82, 2.24) is 4.98 Å². The number of hydrogen-bond donors (Lipinski definition) is 1. The molecular weight excluding hydrogens is 412 g/mol. The van der Waals surface area contributed by atoms with E-state index in [1.54, 1.807) is 11.4 Å². The average Bonchev–Trinajstić information content (AvgIpc) is 3.16. The Balaban J connectivity index is 1.89. The van der Waals surface area contributed by atoms with Crippen molar-refractivity contribution in [3.63, 3.8) is 0 Å². The van der Waals surface area contributed by atoms with Crippen molar-refractivity contribution in [3.05, 3.63) is 73.1 Å². The highest BCUT2D eigenvalue weighted by atomic mass is 32.1. The number of para-hydroxylation sites is 1. The zero-order chi connectivity index (χ0) is 21.8. The highest BCUT2D eigenvalue weighted by Gasteiger charge is 2.25. The number of nitrogens with zero attached hydrogens (tertiary/aromatic N) is 3. The van der Waals surface area contributed by atoms with Crippen molar-refractivity contribution in [3.8, 4) is 17.0 Å². The van der Waals surface area contributed by atoms with Gasteiger partial charge in [-0.25, -0.2) is 4.98 Å². The summed E-state index contributed by atoms with van der Waals surface area (Å²) in [6.07, 6.45) is 0. The summed E-state index contributed by atoms with van der Waals surface area (Å²) in [6.45, 7) is 3.61. The van der Waals surface area contributed by atoms with Gasteiger partial charge >= 0.3 is 0 Å². The van der Waals surface area contributed by atoms with Crippen molar-refractivity contribution in [2.45, 2.75) is 13.8 Å². The van der Waals surface area contributed by atoms with Crippen LogP contribution in [-0.2, 0) is 0 Å². The van der Waals surface area contributed by atoms with E-state index in [9.17, 15) is 25.0 Å². The Morgan fingerprint density at radius 1 is 1.17 bits per heavy atom. The number of carbonyl (C=O) groups excluding carboxylic acids is 1. The lowest BCUT2D eigenvalue weighted by Gasteiger charge is -2.07. The molecule has 1 heterocycles. The summed E-state index contributed by atoms with van der Waals surface area (Å²) < 4.78 is 5.58. The molecule has 3 rings (SSSR count). The molecule has 2 aromatic carbocycles. The number of carbonyl (C=O) groups is 1. The summed E-state index contributed by atoms with van der Waals surface area (Å²) in [5.74, 6) is -0.0897. The maximum Gasteiger partial charge on any atom is 0.279 e. The number of benzene rings is 2. The molecule has 0 atom stereocenters. The molecule has 0 unspecified atom stereocenters. The number of rotatable bonds is 7. The molecule has 1 aromatic heterocycles. The van der Waals surface area contributed by atoms with Gasteiger partial charge in [-0.2, -0.15) is 0 Å². The van der Waals surface area contributed by atoms with Gasteiger partial charge in [-0.15, -0.1) is 11.3 Å². The summed E-state index contributed by atoms with van der Waals surface area (Å²) in [5.41, 5.74) is 0.00801. The van der Waals surface area contributed by atoms with Crippen molar-refractivity contribution in [2.24, 2.45) is 0 Å². The number of thiazole rings is 1. The van der Waals surface area contributed by atoms with Crippen LogP contribution >= 0.6 is 11.3 Å². The minimum Gasteiger partial charge on any atom is -0.493 e. The van der Waals surface area contributed by atoms with Crippen LogP contribution in [0.2, 0.25) is 0 Å². The third kappa shape index (κ3) is 4.25. The molecule has 0 radical (unpaired) electrons. The van der Waals surface area contributed by atoms with Crippen LogP contribution in [0, 0.1) is 27.2 Å². The van der Waals surface area contributed by atoms with E-state index in [0.29, 0.717) is 18.1 Å². The van der Waals surface area contributed by atoms with Gasteiger partial charge in [0.25, 0.3) is 17.3 Å². The zero-order valence-electron chi connectivity index (χ0n) is 15.9. The van der Waals surface area contributed by atoms with Crippen LogP contribution in [0.3, 0.4) is 0 Å². The van der Waals surface area contributed by atoms with Gasteiger partial charge < -0.3 is 4.74 Å². The first-order valence-electron chi connectivity index (χ1n) is 8.74. The molecule has 0 saturated heterocycles. The maximum absolute atomic E-state index is 12.6. The molecule has 1 N–H and O–H groups in total. The Bertz CT molecular complexity index is 1110. The molecule has 154 valence electrons. The van der Waals surface area contributed by atoms with E-state index in [0.717, 1.165) is 29.0 Å². The first-order chi connectivity index (χ1) is 14.3. The van der Waals surface area contributed by atoms with Crippen LogP contribution in [0.15, 0.2) is 41.8 Å². The van der Waals surface area contributed by atoms with E-state index < -0.39 is 27.1 Å². The number of nitrogens with one attached hydrogen (secondary N) is 1. The molecule has 0 aliphatic heterocycles. The number of anilines is 1. The Hall–Kier alpha value is -3.86. The maximum atomic E-state index is 12.6. The first kappa shape index (κ1) is 20.9. The zero-order valence-corrected chi connectivity index (χ0v) is 16.8. The third-order valence-electron chi connectivity index (χ3n) is 4.20. The van der Waals surface area contributed by atoms with Gasteiger partial charge in [0.15, 0.2) is 5.13 Å². The molecule has 0 saturated carbocycles. The molecule has 10 nitrogen and oxygen atoms in total. The van der Waals surface area contributed by atoms with E-state index in [4.69, 9.17) is 4.74 Å². The number of ether oxygens (including phenoxy) is 1. The van der Waals surface area contributed by atoms with E-state index in [-0.39, 0.29) is 16.3 Å². The Labute approximate surface area is 174 Å². The standard InChI is InChI=1S/C19H16N4O6S/c1-3-29-17-7-5-4-6-13(17)14-10-30-19(20-14)21-18(24)12-8-15(22(25)26)11(2)16(9-12)23(27)28/h4-10H,3H2,1-2H3,(H,20,21,24). The fraction of sp³-hybridized carbons (Fsp3) is 0.158. The summed E-state index contributed by atoms with van der Waals surface area (Å²) in [6, 6.07) is 9.33. The van der Waals surface area contributed by atoms with Gasteiger partial charge in [0.1, 0.15) is 11.3 Å². The monoisotopic (exact) mass is 428 g/mol. The summed E-state index contributed by atoms with van der Waals surface area (Å²) in [7, 11) is 0. The van der Waals surface area contributed by atoms with E-state index in [1.165, 1.54) is 6.92 Å². The predicted octanol–water partition coefficient (Wildman–Crippen LogP) is 4.59. The lowest BCUT2D eigenvalue weighted by molar-refractivity contribution is -0.395. The van der Waals surface area contributed by atoms with Gasteiger partial charge in [0.2, 0.25) is 0 Å². The van der Waals surface area contributed by atoms with Crippen LogP contribution in [0.4, 0.5) is 16.5 Å². The number of aromatic nitrogens is 1. The van der Waals surface area contributed by atoms with Gasteiger partial charge in [0, 0.05) is 23.1 Å². The SMILES string of the molecule is CCOc1ccccc1-c1csc(NC(=O)c2cc([N+](=O)[O-])c(C)c([N+](=O)[O-])c2)n1. The molecule has 0 spiro atoms. The minimum absolute atomic E-state index is 0.120. The number of amides is 1. The Morgan fingerprint density at radius 2 is 1.80 bits per heavy atom. The molecular formula is C19H16N4O6S. The largest absolute Gasteiger partial charge is 0.493 e. The fourth-order valence-electron chi connectivity index (χ4n) is 2.78. The van der Waals surface area contributed by atoms with Crippen molar-refractivity contribution in [1.29, 1.82) is 0 Å². The lowest BCUT2D eigenvalue weighted by atomic mass is 10.1. The summed E-state index contributed by atoms with van der Waals surface area (Å²) in [4.78, 5) is 37.8. The third-order valence-corrected chi connectivity index (χ3v) is 4.95. The lowest BCUT2D eigenvalue weighted by Crippen LogP contribution is -2.13. The van der Waals surface area contributed by atoms with Crippen LogP contribution in [0.1, 0.15) is 22.8 Å². The van der Waals surface area contributed by atoms with E-state index >= 15 is 0 Å². The quantitative estimate of drug-likeness (QED) is 0.429. The predicted molar refractivity (Wildman–Crippen MR) is 111 cm³/mol. The molecule has 0 bridgehead atoms. The van der Waals surface area contributed by atoms with Crippen molar-refractivity contribution >= 4 is 33.8 Å². The first-order valence-corrected chi connectivity index (χ1v) is 9.62. The number of nitro groups is 2. The molecule has 0 aliphatic carbocycles. The van der Waals surface area contributed by atoms with E-state index in [2.05, 4.69) is 10.3 Å². The Kier molecular flexibility index (Phi) is 6.02. The summed E-state index contributed by atoms with van der Waals surface area (Å²) >= 11 is 1.15. The topological polar surface area (TPSA) is 138 Å². The van der Waals surface area contributed by atoms with Gasteiger partial charge in [-0.3, -0.25) is 30.3 Å². The Morgan fingerprint density at radius 3 is 2.40 bits per heavy atom. The second-order valence-corrected chi connectivity index (χ2v) is 6.93. The second kappa shape index (κ2) is 8.66. The van der Waals surface area contributed by atoms with Crippen LogP contribution in [0.25, 0.3) is 11.3 Å². The van der Waals surface area contributed by atoms with Crippen LogP contribution < -0.4 is 10.1 Å². The number of hydrogen-bond acceptors (Lipinski definition) is 8. The molecule has 30 heavy (non-hydrogen) atoms.